The lowest BCUT2D eigenvalue weighted by atomic mass is 9.94. The Balaban J connectivity index is 3.32. The van der Waals surface area contributed by atoms with Crippen LogP contribution in [0.15, 0.2) is 0 Å². The number of ether oxygens (including phenoxy) is 2. The van der Waals surface area contributed by atoms with Crippen LogP contribution < -0.4 is 5.32 Å². The van der Waals surface area contributed by atoms with E-state index in [4.69, 9.17) is 9.47 Å². The quantitative estimate of drug-likeness (QED) is 0.542. The third-order valence-electron chi connectivity index (χ3n) is 2.41. The molecule has 0 fully saturated rings. The first-order chi connectivity index (χ1) is 7.98. The Hall–Kier alpha value is -0.160. The fourth-order valence-corrected chi connectivity index (χ4v) is 1.86. The highest BCUT2D eigenvalue weighted by atomic mass is 16.5. The summed E-state index contributed by atoms with van der Waals surface area (Å²) in [5.74, 6) is 0.511. The molecule has 0 aromatic heterocycles. The Morgan fingerprint density at radius 2 is 1.94 bits per heavy atom. The summed E-state index contributed by atoms with van der Waals surface area (Å²) in [7, 11) is 1.69. The minimum atomic E-state index is -0.621. The molecule has 0 bridgehead atoms. The molecule has 0 rings (SSSR count). The lowest BCUT2D eigenvalue weighted by Crippen LogP contribution is -2.40. The maximum Gasteiger partial charge on any atom is 0.0746 e. The molecule has 1 atom stereocenters. The first-order valence-electron chi connectivity index (χ1n) is 6.48. The van der Waals surface area contributed by atoms with Crippen molar-refractivity contribution in [2.24, 2.45) is 5.92 Å². The number of nitrogens with one attached hydrogen (secondary N) is 1. The van der Waals surface area contributed by atoms with Gasteiger partial charge < -0.3 is 19.9 Å². The molecular formula is C13H29NO3. The molecule has 1 unspecified atom stereocenters. The third kappa shape index (κ3) is 12.1. The second-order valence-electron chi connectivity index (χ2n) is 5.23. The Morgan fingerprint density at radius 3 is 2.53 bits per heavy atom. The zero-order valence-electron chi connectivity index (χ0n) is 11.8. The molecule has 0 spiro atoms. The van der Waals surface area contributed by atoms with Gasteiger partial charge >= 0.3 is 0 Å². The minimum Gasteiger partial charge on any atom is -0.389 e. The van der Waals surface area contributed by atoms with Crippen LogP contribution in [0.4, 0.5) is 0 Å². The number of hydrogen-bond donors (Lipinski definition) is 2. The molecule has 4 heteroatoms. The predicted octanol–water partition coefficient (Wildman–Crippen LogP) is 1.43. The Labute approximate surface area is 106 Å². The number of rotatable bonds is 11. The van der Waals surface area contributed by atoms with Gasteiger partial charge in [-0.2, -0.15) is 0 Å². The van der Waals surface area contributed by atoms with Crippen molar-refractivity contribution in [1.82, 2.24) is 5.32 Å². The van der Waals surface area contributed by atoms with Gasteiger partial charge in [0.1, 0.15) is 0 Å². The molecule has 2 N–H and O–H groups in total. The largest absolute Gasteiger partial charge is 0.389 e. The predicted molar refractivity (Wildman–Crippen MR) is 70.3 cm³/mol. The summed E-state index contributed by atoms with van der Waals surface area (Å²) in [6, 6.07) is 0. The van der Waals surface area contributed by atoms with Crippen molar-refractivity contribution < 1.29 is 14.6 Å². The van der Waals surface area contributed by atoms with Gasteiger partial charge in [0.15, 0.2) is 0 Å². The van der Waals surface area contributed by atoms with E-state index < -0.39 is 5.60 Å². The van der Waals surface area contributed by atoms with E-state index in [0.717, 1.165) is 32.6 Å². The van der Waals surface area contributed by atoms with Crippen molar-refractivity contribution in [3.63, 3.8) is 0 Å². The second kappa shape index (κ2) is 9.83. The monoisotopic (exact) mass is 247 g/mol. The van der Waals surface area contributed by atoms with E-state index in [2.05, 4.69) is 19.2 Å². The standard InChI is InChI=1S/C13H29NO3/c1-12(2)10-13(3,15)11-14-6-9-17-8-5-7-16-4/h12,14-15H,5-11H2,1-4H3. The molecule has 0 radical (unpaired) electrons. The van der Waals surface area contributed by atoms with E-state index in [1.54, 1.807) is 7.11 Å². The average molecular weight is 247 g/mol. The van der Waals surface area contributed by atoms with Gasteiger partial charge in [0, 0.05) is 33.4 Å². The van der Waals surface area contributed by atoms with Gasteiger partial charge in [-0.15, -0.1) is 0 Å². The topological polar surface area (TPSA) is 50.7 Å². The lowest BCUT2D eigenvalue weighted by Gasteiger charge is -2.25. The van der Waals surface area contributed by atoms with Crippen LogP contribution >= 0.6 is 0 Å². The summed E-state index contributed by atoms with van der Waals surface area (Å²) in [6.45, 7) is 9.67. The van der Waals surface area contributed by atoms with Crippen molar-refractivity contribution in [2.75, 3.05) is 40.0 Å². The SMILES string of the molecule is COCCCOCCNCC(C)(O)CC(C)C. The van der Waals surface area contributed by atoms with Crippen molar-refractivity contribution in [2.45, 2.75) is 39.2 Å². The van der Waals surface area contributed by atoms with E-state index in [-0.39, 0.29) is 0 Å². The van der Waals surface area contributed by atoms with Crippen LogP contribution in [0.5, 0.6) is 0 Å². The molecule has 0 saturated carbocycles. The van der Waals surface area contributed by atoms with Crippen molar-refractivity contribution in [3.8, 4) is 0 Å². The molecule has 4 nitrogen and oxygen atoms in total. The molecule has 104 valence electrons. The third-order valence-corrected chi connectivity index (χ3v) is 2.41. The minimum absolute atomic E-state index is 0.511. The molecule has 0 aliphatic carbocycles. The molecule has 0 aliphatic rings. The molecule has 0 aliphatic heterocycles. The highest BCUT2D eigenvalue weighted by Gasteiger charge is 2.20. The van der Waals surface area contributed by atoms with Crippen molar-refractivity contribution >= 4 is 0 Å². The Kier molecular flexibility index (Phi) is 9.74. The van der Waals surface area contributed by atoms with E-state index >= 15 is 0 Å². The molecule has 0 aromatic rings. The van der Waals surface area contributed by atoms with Crippen LogP contribution in [-0.4, -0.2) is 50.7 Å². The van der Waals surface area contributed by atoms with Gasteiger partial charge in [-0.1, -0.05) is 13.8 Å². The van der Waals surface area contributed by atoms with Gasteiger partial charge in [0.05, 0.1) is 12.2 Å². The summed E-state index contributed by atoms with van der Waals surface area (Å²) in [5.41, 5.74) is -0.621. The van der Waals surface area contributed by atoms with Crippen LogP contribution in [0.1, 0.15) is 33.6 Å². The summed E-state index contributed by atoms with van der Waals surface area (Å²) in [5, 5.41) is 13.3. The highest BCUT2D eigenvalue weighted by Crippen LogP contribution is 2.14. The van der Waals surface area contributed by atoms with Gasteiger partial charge in [-0.25, -0.2) is 0 Å². The summed E-state index contributed by atoms with van der Waals surface area (Å²) < 4.78 is 10.3. The summed E-state index contributed by atoms with van der Waals surface area (Å²) in [4.78, 5) is 0. The maximum absolute atomic E-state index is 10.0. The smallest absolute Gasteiger partial charge is 0.0746 e. The molecule has 0 saturated heterocycles. The molecule has 0 aromatic carbocycles. The van der Waals surface area contributed by atoms with Gasteiger partial charge in [-0.3, -0.25) is 0 Å². The van der Waals surface area contributed by atoms with Crippen LogP contribution in [0.25, 0.3) is 0 Å². The van der Waals surface area contributed by atoms with Crippen LogP contribution in [0.2, 0.25) is 0 Å². The second-order valence-corrected chi connectivity index (χ2v) is 5.23. The fraction of sp³-hybridized carbons (Fsp3) is 1.00. The zero-order valence-corrected chi connectivity index (χ0v) is 11.8. The number of aliphatic hydroxyl groups is 1. The van der Waals surface area contributed by atoms with E-state index in [1.807, 2.05) is 6.92 Å². The molecule has 17 heavy (non-hydrogen) atoms. The van der Waals surface area contributed by atoms with E-state index in [9.17, 15) is 5.11 Å². The van der Waals surface area contributed by atoms with Crippen LogP contribution in [0.3, 0.4) is 0 Å². The van der Waals surface area contributed by atoms with Gasteiger partial charge in [-0.05, 0) is 25.7 Å². The Bertz CT molecular complexity index is 172. The van der Waals surface area contributed by atoms with Gasteiger partial charge in [0.2, 0.25) is 0 Å². The van der Waals surface area contributed by atoms with E-state index in [0.29, 0.717) is 19.1 Å². The Morgan fingerprint density at radius 1 is 1.24 bits per heavy atom. The van der Waals surface area contributed by atoms with Crippen LogP contribution in [-0.2, 0) is 9.47 Å². The van der Waals surface area contributed by atoms with E-state index in [1.165, 1.54) is 0 Å². The molecular weight excluding hydrogens is 218 g/mol. The van der Waals surface area contributed by atoms with Crippen LogP contribution in [0, 0.1) is 5.92 Å². The number of hydrogen-bond acceptors (Lipinski definition) is 4. The maximum atomic E-state index is 10.0. The lowest BCUT2D eigenvalue weighted by molar-refractivity contribution is 0.0356. The molecule has 0 amide bonds. The fourth-order valence-electron chi connectivity index (χ4n) is 1.86. The summed E-state index contributed by atoms with van der Waals surface area (Å²) >= 11 is 0. The van der Waals surface area contributed by atoms with Crippen molar-refractivity contribution in [1.29, 1.82) is 0 Å². The highest BCUT2D eigenvalue weighted by molar-refractivity contribution is 4.76. The number of methoxy groups -OCH3 is 1. The van der Waals surface area contributed by atoms with Gasteiger partial charge in [0.25, 0.3) is 0 Å². The van der Waals surface area contributed by atoms with Crippen molar-refractivity contribution in [3.05, 3.63) is 0 Å². The normalized spacial score (nSPS) is 15.2. The average Bonchev–Trinajstić information content (AvgIpc) is 2.20. The zero-order chi connectivity index (χ0) is 13.1. The first-order valence-corrected chi connectivity index (χ1v) is 6.48. The summed E-state index contributed by atoms with van der Waals surface area (Å²) in [6.07, 6.45) is 1.75. The molecule has 0 heterocycles. The first kappa shape index (κ1) is 16.8.